The molecule has 0 aromatic carbocycles. The lowest BCUT2D eigenvalue weighted by atomic mass is 9.85. The summed E-state index contributed by atoms with van der Waals surface area (Å²) < 4.78 is 11.0. The summed E-state index contributed by atoms with van der Waals surface area (Å²) >= 11 is 0. The van der Waals surface area contributed by atoms with Gasteiger partial charge in [0.15, 0.2) is 0 Å². The fraction of sp³-hybridized carbons (Fsp3) is 0.867. The molecule has 0 amide bonds. The van der Waals surface area contributed by atoms with Crippen LogP contribution in [-0.2, 0) is 9.47 Å². The Hall–Kier alpha value is -0.340. The minimum Gasteiger partial charge on any atom is -0.381 e. The molecule has 0 unspecified atom stereocenters. The fourth-order valence-corrected chi connectivity index (χ4v) is 1.76. The molecule has 0 heterocycles. The molecule has 2 nitrogen and oxygen atoms in total. The third-order valence-electron chi connectivity index (χ3n) is 2.78. The van der Waals surface area contributed by atoms with E-state index in [0.29, 0.717) is 12.0 Å². The van der Waals surface area contributed by atoms with Crippen molar-refractivity contribution < 1.29 is 9.47 Å². The molecular weight excluding hydrogens is 212 g/mol. The smallest absolute Gasteiger partial charge is 0.0671 e. The van der Waals surface area contributed by atoms with Crippen molar-refractivity contribution >= 4 is 0 Å². The second kappa shape index (κ2) is 9.67. The Labute approximate surface area is 107 Å². The summed E-state index contributed by atoms with van der Waals surface area (Å²) in [4.78, 5) is 0. The van der Waals surface area contributed by atoms with Crippen LogP contribution in [0.5, 0.6) is 0 Å². The van der Waals surface area contributed by atoms with Crippen LogP contribution < -0.4 is 0 Å². The first-order valence-electron chi connectivity index (χ1n) is 6.78. The monoisotopic (exact) mass is 242 g/mol. The maximum absolute atomic E-state index is 5.62. The number of rotatable bonds is 11. The molecule has 17 heavy (non-hydrogen) atoms. The molecule has 0 spiro atoms. The molecular formula is C15H30O2. The summed E-state index contributed by atoms with van der Waals surface area (Å²) in [6, 6.07) is 0. The molecule has 0 N–H and O–H groups in total. The van der Waals surface area contributed by atoms with Crippen LogP contribution in [0.2, 0.25) is 0 Å². The van der Waals surface area contributed by atoms with Gasteiger partial charge in [-0.1, -0.05) is 39.3 Å². The van der Waals surface area contributed by atoms with E-state index in [0.717, 1.165) is 38.2 Å². The fourth-order valence-electron chi connectivity index (χ4n) is 1.76. The van der Waals surface area contributed by atoms with Crippen LogP contribution in [0.15, 0.2) is 12.2 Å². The van der Waals surface area contributed by atoms with Gasteiger partial charge in [-0.3, -0.25) is 0 Å². The van der Waals surface area contributed by atoms with Gasteiger partial charge in [-0.25, -0.2) is 0 Å². The van der Waals surface area contributed by atoms with Crippen LogP contribution in [0.25, 0.3) is 0 Å². The molecule has 0 atom stereocenters. The second-order valence-corrected chi connectivity index (χ2v) is 5.64. The molecule has 2 heteroatoms. The highest BCUT2D eigenvalue weighted by atomic mass is 16.5. The third-order valence-corrected chi connectivity index (χ3v) is 2.78. The predicted molar refractivity (Wildman–Crippen MR) is 74.4 cm³/mol. The van der Waals surface area contributed by atoms with Gasteiger partial charge in [0.2, 0.25) is 0 Å². The molecule has 0 radical (unpaired) electrons. The van der Waals surface area contributed by atoms with Crippen molar-refractivity contribution in [3.63, 3.8) is 0 Å². The van der Waals surface area contributed by atoms with Crippen molar-refractivity contribution in [1.82, 2.24) is 0 Å². The Morgan fingerprint density at radius 1 is 1.06 bits per heavy atom. The van der Waals surface area contributed by atoms with E-state index in [2.05, 4.69) is 27.4 Å². The standard InChI is InChI=1S/C15H30O2/c1-6-8-15(4,5)9-12-16-10-7-11-17-13-14(2)3/h2,6-13H2,1,3-5H3. The zero-order valence-corrected chi connectivity index (χ0v) is 12.2. The van der Waals surface area contributed by atoms with Gasteiger partial charge >= 0.3 is 0 Å². The molecule has 0 fully saturated rings. The maximum Gasteiger partial charge on any atom is 0.0671 e. The van der Waals surface area contributed by atoms with Gasteiger partial charge in [0.1, 0.15) is 0 Å². The van der Waals surface area contributed by atoms with Gasteiger partial charge in [-0.2, -0.15) is 0 Å². The minimum atomic E-state index is 0.422. The Morgan fingerprint density at radius 2 is 1.71 bits per heavy atom. The van der Waals surface area contributed by atoms with E-state index in [1.54, 1.807) is 0 Å². The third kappa shape index (κ3) is 11.9. The summed E-state index contributed by atoms with van der Waals surface area (Å²) in [5.74, 6) is 0. The topological polar surface area (TPSA) is 18.5 Å². The summed E-state index contributed by atoms with van der Waals surface area (Å²) in [7, 11) is 0. The zero-order chi connectivity index (χ0) is 13.1. The quantitative estimate of drug-likeness (QED) is 0.399. The first-order chi connectivity index (χ1) is 7.98. The summed E-state index contributed by atoms with van der Waals surface area (Å²) in [6.45, 7) is 15.7. The molecule has 0 bridgehead atoms. The highest BCUT2D eigenvalue weighted by molar-refractivity contribution is 4.87. The van der Waals surface area contributed by atoms with Gasteiger partial charge < -0.3 is 9.47 Å². The molecule has 0 saturated carbocycles. The lowest BCUT2D eigenvalue weighted by molar-refractivity contribution is 0.0740. The second-order valence-electron chi connectivity index (χ2n) is 5.64. The Morgan fingerprint density at radius 3 is 2.29 bits per heavy atom. The molecule has 0 saturated heterocycles. The van der Waals surface area contributed by atoms with Crippen LogP contribution in [0.4, 0.5) is 0 Å². The predicted octanol–water partition coefficient (Wildman–Crippen LogP) is 4.20. The van der Waals surface area contributed by atoms with Crippen molar-refractivity contribution in [3.8, 4) is 0 Å². The first-order valence-corrected chi connectivity index (χ1v) is 6.78. The lowest BCUT2D eigenvalue weighted by Crippen LogP contribution is -2.14. The van der Waals surface area contributed by atoms with Crippen LogP contribution in [-0.4, -0.2) is 26.4 Å². The zero-order valence-electron chi connectivity index (χ0n) is 12.2. The first kappa shape index (κ1) is 16.7. The lowest BCUT2D eigenvalue weighted by Gasteiger charge is -2.23. The van der Waals surface area contributed by atoms with E-state index >= 15 is 0 Å². The Bertz CT molecular complexity index is 197. The van der Waals surface area contributed by atoms with E-state index in [1.165, 1.54) is 12.8 Å². The molecule has 0 rings (SSSR count). The molecule has 0 aliphatic rings. The van der Waals surface area contributed by atoms with E-state index in [-0.39, 0.29) is 0 Å². The Balaban J connectivity index is 3.26. The van der Waals surface area contributed by atoms with Gasteiger partial charge in [0, 0.05) is 19.8 Å². The number of hydrogen-bond acceptors (Lipinski definition) is 2. The number of hydrogen-bond donors (Lipinski definition) is 0. The van der Waals surface area contributed by atoms with E-state index in [4.69, 9.17) is 9.47 Å². The summed E-state index contributed by atoms with van der Waals surface area (Å²) in [5.41, 5.74) is 1.50. The SMILES string of the molecule is C=C(C)COCCCOCCC(C)(C)CCC. The van der Waals surface area contributed by atoms with Crippen molar-refractivity contribution in [1.29, 1.82) is 0 Å². The van der Waals surface area contributed by atoms with Crippen LogP contribution >= 0.6 is 0 Å². The average Bonchev–Trinajstić information content (AvgIpc) is 2.21. The average molecular weight is 242 g/mol. The molecule has 0 aliphatic heterocycles. The van der Waals surface area contributed by atoms with Gasteiger partial charge in [-0.05, 0) is 31.6 Å². The maximum atomic E-state index is 5.62. The minimum absolute atomic E-state index is 0.422. The van der Waals surface area contributed by atoms with Crippen molar-refractivity contribution in [3.05, 3.63) is 12.2 Å². The molecule has 0 aromatic heterocycles. The van der Waals surface area contributed by atoms with Gasteiger partial charge in [0.05, 0.1) is 6.61 Å². The van der Waals surface area contributed by atoms with Gasteiger partial charge in [-0.15, -0.1) is 0 Å². The highest BCUT2D eigenvalue weighted by Gasteiger charge is 2.15. The summed E-state index contributed by atoms with van der Waals surface area (Å²) in [6.07, 6.45) is 4.65. The molecule has 0 aromatic rings. The Kier molecular flexibility index (Phi) is 9.47. The van der Waals surface area contributed by atoms with Crippen LogP contribution in [0.1, 0.15) is 53.4 Å². The van der Waals surface area contributed by atoms with Crippen molar-refractivity contribution in [2.24, 2.45) is 5.41 Å². The van der Waals surface area contributed by atoms with E-state index in [9.17, 15) is 0 Å². The van der Waals surface area contributed by atoms with Crippen molar-refractivity contribution in [2.45, 2.75) is 53.4 Å². The molecule has 102 valence electrons. The van der Waals surface area contributed by atoms with Crippen molar-refractivity contribution in [2.75, 3.05) is 26.4 Å². The molecule has 0 aliphatic carbocycles. The highest BCUT2D eigenvalue weighted by Crippen LogP contribution is 2.26. The van der Waals surface area contributed by atoms with E-state index in [1.807, 2.05) is 6.92 Å². The van der Waals surface area contributed by atoms with E-state index < -0.39 is 0 Å². The largest absolute Gasteiger partial charge is 0.381 e. The normalized spacial score (nSPS) is 11.8. The van der Waals surface area contributed by atoms with Crippen LogP contribution in [0.3, 0.4) is 0 Å². The number of ether oxygens (including phenoxy) is 2. The van der Waals surface area contributed by atoms with Gasteiger partial charge in [0.25, 0.3) is 0 Å². The summed E-state index contributed by atoms with van der Waals surface area (Å²) in [5, 5.41) is 0. The van der Waals surface area contributed by atoms with Crippen LogP contribution in [0, 0.1) is 5.41 Å².